The molecule has 0 saturated heterocycles. The van der Waals surface area contributed by atoms with Gasteiger partial charge in [-0.15, -0.1) is 11.3 Å². The SMILES string of the molecule is CCC1CCC(C(=O)Cc2cc(Br)cs2)C1. The number of halogens is 1. The Bertz CT molecular complexity index is 372. The molecule has 0 aromatic carbocycles. The monoisotopic (exact) mass is 300 g/mol. The van der Waals surface area contributed by atoms with Gasteiger partial charge in [-0.05, 0) is 47.2 Å². The van der Waals surface area contributed by atoms with Crippen LogP contribution < -0.4 is 0 Å². The minimum atomic E-state index is 0.339. The molecule has 0 aliphatic heterocycles. The number of Topliss-reactive ketones (excluding diaryl/α,β-unsaturated/α-hetero) is 1. The maximum atomic E-state index is 12.1. The van der Waals surface area contributed by atoms with Crippen LogP contribution in [-0.4, -0.2) is 5.78 Å². The summed E-state index contributed by atoms with van der Waals surface area (Å²) in [5, 5.41) is 2.05. The molecule has 1 fully saturated rings. The second kappa shape index (κ2) is 5.46. The average molecular weight is 301 g/mol. The standard InChI is InChI=1S/C13H17BrOS/c1-2-9-3-4-10(5-9)13(15)7-12-6-11(14)8-16-12/h6,8-10H,2-5,7H2,1H3. The third-order valence-corrected chi connectivity index (χ3v) is 5.24. The van der Waals surface area contributed by atoms with E-state index in [4.69, 9.17) is 0 Å². The quantitative estimate of drug-likeness (QED) is 0.803. The first-order chi connectivity index (χ1) is 7.69. The van der Waals surface area contributed by atoms with Crippen molar-refractivity contribution in [1.29, 1.82) is 0 Å². The molecular formula is C13H17BrOS. The highest BCUT2D eigenvalue weighted by Crippen LogP contribution is 2.34. The summed E-state index contributed by atoms with van der Waals surface area (Å²) >= 11 is 5.10. The zero-order valence-electron chi connectivity index (χ0n) is 9.54. The molecule has 0 spiro atoms. The van der Waals surface area contributed by atoms with E-state index in [0.717, 1.165) is 23.2 Å². The molecule has 1 heterocycles. The number of rotatable bonds is 4. The average Bonchev–Trinajstić information content (AvgIpc) is 2.87. The molecule has 1 aromatic heterocycles. The first-order valence-corrected chi connectivity index (χ1v) is 7.62. The number of carbonyl (C=O) groups is 1. The van der Waals surface area contributed by atoms with Gasteiger partial charge in [-0.3, -0.25) is 4.79 Å². The molecule has 1 aliphatic carbocycles. The smallest absolute Gasteiger partial charge is 0.141 e. The van der Waals surface area contributed by atoms with Crippen LogP contribution in [0.1, 0.15) is 37.5 Å². The third kappa shape index (κ3) is 2.95. The summed E-state index contributed by atoms with van der Waals surface area (Å²) in [6, 6.07) is 2.06. The van der Waals surface area contributed by atoms with Crippen LogP contribution in [0, 0.1) is 11.8 Å². The molecule has 1 aliphatic rings. The Morgan fingerprint density at radius 1 is 1.56 bits per heavy atom. The minimum Gasteiger partial charge on any atom is -0.299 e. The third-order valence-electron chi connectivity index (χ3n) is 3.54. The Morgan fingerprint density at radius 2 is 2.38 bits per heavy atom. The van der Waals surface area contributed by atoms with Gasteiger partial charge >= 0.3 is 0 Å². The van der Waals surface area contributed by atoms with Crippen LogP contribution in [0.15, 0.2) is 15.9 Å². The molecule has 3 heteroatoms. The van der Waals surface area contributed by atoms with Gasteiger partial charge in [-0.2, -0.15) is 0 Å². The van der Waals surface area contributed by atoms with E-state index in [0.29, 0.717) is 18.1 Å². The molecular weight excluding hydrogens is 284 g/mol. The van der Waals surface area contributed by atoms with Crippen molar-refractivity contribution in [3.05, 3.63) is 20.8 Å². The van der Waals surface area contributed by atoms with Gasteiger partial charge in [0.05, 0.1) is 0 Å². The van der Waals surface area contributed by atoms with E-state index < -0.39 is 0 Å². The highest BCUT2D eigenvalue weighted by Gasteiger charge is 2.28. The van der Waals surface area contributed by atoms with Crippen LogP contribution in [0.5, 0.6) is 0 Å². The summed E-state index contributed by atoms with van der Waals surface area (Å²) in [4.78, 5) is 13.3. The molecule has 2 rings (SSSR count). The largest absolute Gasteiger partial charge is 0.299 e. The lowest BCUT2D eigenvalue weighted by Crippen LogP contribution is -2.13. The molecule has 2 unspecified atom stereocenters. The zero-order valence-corrected chi connectivity index (χ0v) is 11.9. The van der Waals surface area contributed by atoms with Crippen molar-refractivity contribution in [1.82, 2.24) is 0 Å². The molecule has 16 heavy (non-hydrogen) atoms. The first kappa shape index (κ1) is 12.3. The van der Waals surface area contributed by atoms with Crippen LogP contribution in [0.25, 0.3) is 0 Å². The molecule has 0 N–H and O–H groups in total. The van der Waals surface area contributed by atoms with E-state index in [9.17, 15) is 4.79 Å². The minimum absolute atomic E-state index is 0.339. The number of ketones is 1. The molecule has 1 aromatic rings. The van der Waals surface area contributed by atoms with Crippen LogP contribution in [-0.2, 0) is 11.2 Å². The van der Waals surface area contributed by atoms with Crippen LogP contribution in [0.4, 0.5) is 0 Å². The Hall–Kier alpha value is -0.150. The summed E-state index contributed by atoms with van der Waals surface area (Å²) < 4.78 is 1.10. The highest BCUT2D eigenvalue weighted by molar-refractivity contribution is 9.10. The van der Waals surface area contributed by atoms with Gasteiger partial charge < -0.3 is 0 Å². The number of thiophene rings is 1. The molecule has 0 bridgehead atoms. The van der Waals surface area contributed by atoms with Crippen LogP contribution >= 0.6 is 27.3 Å². The van der Waals surface area contributed by atoms with Crippen LogP contribution in [0.3, 0.4) is 0 Å². The predicted octanol–water partition coefficient (Wildman–Crippen LogP) is 4.45. The molecule has 0 radical (unpaired) electrons. The Morgan fingerprint density at radius 3 is 2.94 bits per heavy atom. The summed E-state index contributed by atoms with van der Waals surface area (Å²) in [6.45, 7) is 2.23. The van der Waals surface area contributed by atoms with E-state index in [1.807, 2.05) is 5.38 Å². The van der Waals surface area contributed by atoms with Gasteiger partial charge in [0, 0.05) is 27.1 Å². The van der Waals surface area contributed by atoms with Crippen molar-refractivity contribution in [2.24, 2.45) is 11.8 Å². The number of carbonyl (C=O) groups excluding carboxylic acids is 1. The van der Waals surface area contributed by atoms with Crippen LogP contribution in [0.2, 0.25) is 0 Å². The first-order valence-electron chi connectivity index (χ1n) is 5.94. The highest BCUT2D eigenvalue weighted by atomic mass is 79.9. The zero-order chi connectivity index (χ0) is 11.5. The Balaban J connectivity index is 1.89. The summed E-state index contributed by atoms with van der Waals surface area (Å²) in [5.41, 5.74) is 0. The van der Waals surface area contributed by atoms with Crippen molar-refractivity contribution in [3.63, 3.8) is 0 Å². The number of hydrogen-bond acceptors (Lipinski definition) is 2. The van der Waals surface area contributed by atoms with Crippen molar-refractivity contribution < 1.29 is 4.79 Å². The van der Waals surface area contributed by atoms with Gasteiger partial charge in [0.1, 0.15) is 5.78 Å². The van der Waals surface area contributed by atoms with Gasteiger partial charge in [0.2, 0.25) is 0 Å². The molecule has 1 nitrogen and oxygen atoms in total. The molecule has 88 valence electrons. The molecule has 0 amide bonds. The summed E-state index contributed by atoms with van der Waals surface area (Å²) in [5.74, 6) is 1.58. The van der Waals surface area contributed by atoms with Gasteiger partial charge in [0.15, 0.2) is 0 Å². The number of hydrogen-bond donors (Lipinski definition) is 0. The second-order valence-electron chi connectivity index (χ2n) is 4.66. The van der Waals surface area contributed by atoms with Crippen molar-refractivity contribution >= 4 is 33.0 Å². The topological polar surface area (TPSA) is 17.1 Å². The van der Waals surface area contributed by atoms with E-state index in [2.05, 4.69) is 28.9 Å². The molecule has 1 saturated carbocycles. The lowest BCUT2D eigenvalue weighted by molar-refractivity contribution is -0.122. The Labute approximate surface area is 109 Å². The van der Waals surface area contributed by atoms with Crippen molar-refractivity contribution in [2.45, 2.75) is 39.0 Å². The van der Waals surface area contributed by atoms with E-state index >= 15 is 0 Å². The fourth-order valence-electron chi connectivity index (χ4n) is 2.50. The predicted molar refractivity (Wildman–Crippen MR) is 71.9 cm³/mol. The van der Waals surface area contributed by atoms with E-state index in [1.54, 1.807) is 11.3 Å². The Kier molecular flexibility index (Phi) is 4.20. The van der Waals surface area contributed by atoms with E-state index in [1.165, 1.54) is 17.7 Å². The fourth-order valence-corrected chi connectivity index (χ4v) is 3.96. The van der Waals surface area contributed by atoms with Crippen molar-refractivity contribution in [2.75, 3.05) is 0 Å². The lowest BCUT2D eigenvalue weighted by Gasteiger charge is -2.08. The molecule has 2 atom stereocenters. The lowest BCUT2D eigenvalue weighted by atomic mass is 9.97. The van der Waals surface area contributed by atoms with Gasteiger partial charge in [0.25, 0.3) is 0 Å². The maximum absolute atomic E-state index is 12.1. The summed E-state index contributed by atoms with van der Waals surface area (Å²) in [6.07, 6.45) is 5.36. The second-order valence-corrected chi connectivity index (χ2v) is 6.57. The summed E-state index contributed by atoms with van der Waals surface area (Å²) in [7, 11) is 0. The maximum Gasteiger partial charge on any atom is 0.141 e. The normalized spacial score (nSPS) is 24.9. The van der Waals surface area contributed by atoms with Gasteiger partial charge in [-0.1, -0.05) is 13.3 Å². The fraction of sp³-hybridized carbons (Fsp3) is 0.615. The van der Waals surface area contributed by atoms with Gasteiger partial charge in [-0.25, -0.2) is 0 Å². The van der Waals surface area contributed by atoms with Crippen molar-refractivity contribution in [3.8, 4) is 0 Å². The van der Waals surface area contributed by atoms with E-state index in [-0.39, 0.29) is 0 Å².